The van der Waals surface area contributed by atoms with E-state index in [2.05, 4.69) is 128 Å². The zero-order valence-corrected chi connectivity index (χ0v) is 35.1. The molecule has 1 atom stereocenters. The lowest BCUT2D eigenvalue weighted by Gasteiger charge is -2.27. The number of anilines is 1. The Hall–Kier alpha value is -4.46. The van der Waals surface area contributed by atoms with Gasteiger partial charge in [-0.15, -0.1) is 0 Å². The Morgan fingerprint density at radius 3 is 1.77 bits per heavy atom. The number of amides is 4. The van der Waals surface area contributed by atoms with E-state index in [9.17, 15) is 14.4 Å². The molecule has 1 unspecified atom stereocenters. The summed E-state index contributed by atoms with van der Waals surface area (Å²) >= 11 is 0. The van der Waals surface area contributed by atoms with Crippen molar-refractivity contribution in [3.8, 4) is 0 Å². The van der Waals surface area contributed by atoms with Crippen molar-refractivity contribution in [2.24, 2.45) is 11.1 Å². The molecule has 0 aliphatic carbocycles. The monoisotopic (exact) mass is 719 g/mol. The van der Waals surface area contributed by atoms with E-state index in [1.54, 1.807) is 6.92 Å². The summed E-state index contributed by atoms with van der Waals surface area (Å²) in [7, 11) is 0. The molecule has 2 aromatic carbocycles. The Morgan fingerprint density at radius 1 is 0.865 bits per heavy atom. The van der Waals surface area contributed by atoms with Gasteiger partial charge in [-0.1, -0.05) is 120 Å². The number of nitrogens with two attached hydrogens (primary N) is 1. The number of benzene rings is 2. The molecule has 0 spiro atoms. The van der Waals surface area contributed by atoms with Crippen molar-refractivity contribution < 1.29 is 19.2 Å². The van der Waals surface area contributed by atoms with E-state index in [0.717, 1.165) is 44.7 Å². The van der Waals surface area contributed by atoms with Crippen LogP contribution >= 0.6 is 0 Å². The van der Waals surface area contributed by atoms with Crippen LogP contribution in [0.4, 0.5) is 5.69 Å². The second-order valence-corrected chi connectivity index (χ2v) is 14.8. The minimum Gasteiger partial charge on any atom is -0.372 e. The highest BCUT2D eigenvalue weighted by Crippen LogP contribution is 2.39. The molecular formula is C44H70N4O4. The highest BCUT2D eigenvalue weighted by molar-refractivity contribution is 5.99. The van der Waals surface area contributed by atoms with Gasteiger partial charge in [-0.2, -0.15) is 0 Å². The molecule has 0 aromatic heterocycles. The van der Waals surface area contributed by atoms with Crippen molar-refractivity contribution in [2.45, 2.75) is 135 Å². The fraction of sp³-hybridized carbons (Fsp3) is 0.500. The van der Waals surface area contributed by atoms with Crippen LogP contribution in [0.15, 0.2) is 60.2 Å². The van der Waals surface area contributed by atoms with Crippen LogP contribution in [-0.2, 0) is 19.8 Å². The van der Waals surface area contributed by atoms with Gasteiger partial charge in [0.15, 0.2) is 0 Å². The van der Waals surface area contributed by atoms with Gasteiger partial charge in [-0.25, -0.2) is 0 Å². The van der Waals surface area contributed by atoms with Gasteiger partial charge in [0.2, 0.25) is 18.7 Å². The maximum Gasteiger partial charge on any atom is 0.251 e. The van der Waals surface area contributed by atoms with Crippen LogP contribution in [0, 0.1) is 5.41 Å². The van der Waals surface area contributed by atoms with E-state index in [1.807, 2.05) is 52.0 Å². The minimum absolute atomic E-state index is 0.00385. The quantitative estimate of drug-likeness (QED) is 0.136. The van der Waals surface area contributed by atoms with E-state index in [0.29, 0.717) is 18.5 Å². The Morgan fingerprint density at radius 2 is 1.37 bits per heavy atom. The fourth-order valence-electron chi connectivity index (χ4n) is 4.77. The van der Waals surface area contributed by atoms with Crippen LogP contribution in [0.3, 0.4) is 0 Å². The molecule has 52 heavy (non-hydrogen) atoms. The van der Waals surface area contributed by atoms with E-state index >= 15 is 0 Å². The van der Waals surface area contributed by atoms with Gasteiger partial charge in [-0.3, -0.25) is 19.2 Å². The average molecular weight is 719 g/mol. The van der Waals surface area contributed by atoms with Gasteiger partial charge < -0.3 is 21.7 Å². The number of nitrogens with one attached hydrogen (secondary N) is 3. The summed E-state index contributed by atoms with van der Waals surface area (Å²) in [5, 5.41) is 8.68. The molecule has 0 aliphatic rings. The largest absolute Gasteiger partial charge is 0.372 e. The van der Waals surface area contributed by atoms with Gasteiger partial charge in [0.1, 0.15) is 6.04 Å². The number of carbonyl (C=O) groups is 4. The maximum absolute atomic E-state index is 13.1. The summed E-state index contributed by atoms with van der Waals surface area (Å²) in [6, 6.07) is 11.4. The maximum atomic E-state index is 13.1. The predicted octanol–water partition coefficient (Wildman–Crippen LogP) is 9.95. The first-order valence-corrected chi connectivity index (χ1v) is 18.5. The number of rotatable bonds is 11. The third-order valence-electron chi connectivity index (χ3n) is 7.61. The summed E-state index contributed by atoms with van der Waals surface area (Å²) in [4.78, 5) is 45.4. The number of hydrogen-bond acceptors (Lipinski definition) is 4. The van der Waals surface area contributed by atoms with Crippen molar-refractivity contribution in [3.05, 3.63) is 88.0 Å². The predicted molar refractivity (Wildman–Crippen MR) is 223 cm³/mol. The minimum atomic E-state index is -0.669. The Labute approximate surface area is 316 Å². The van der Waals surface area contributed by atoms with Gasteiger partial charge in [0.05, 0.1) is 0 Å². The highest BCUT2D eigenvalue weighted by Gasteiger charge is 2.24. The molecular weight excluding hydrogens is 649 g/mol. The lowest BCUT2D eigenvalue weighted by Crippen LogP contribution is -2.37. The second-order valence-electron chi connectivity index (χ2n) is 14.8. The first-order valence-electron chi connectivity index (χ1n) is 18.5. The second kappa shape index (κ2) is 24.7. The van der Waals surface area contributed by atoms with E-state index in [1.165, 1.54) is 6.42 Å². The first kappa shape index (κ1) is 49.7. The Balaban J connectivity index is 0. The average Bonchev–Trinajstić information content (AvgIpc) is 3.08. The van der Waals surface area contributed by atoms with Crippen LogP contribution < -0.4 is 21.7 Å². The molecule has 2 rings (SSSR count). The van der Waals surface area contributed by atoms with Crippen LogP contribution in [0.1, 0.15) is 156 Å². The van der Waals surface area contributed by atoms with Crippen molar-refractivity contribution in [1.82, 2.24) is 10.6 Å². The summed E-state index contributed by atoms with van der Waals surface area (Å²) in [5.74, 6) is -0.253. The molecule has 8 nitrogen and oxygen atoms in total. The lowest BCUT2D eigenvalue weighted by atomic mass is 9.80. The summed E-state index contributed by atoms with van der Waals surface area (Å²) in [5.41, 5.74) is 12.7. The Kier molecular flexibility index (Phi) is 23.6. The molecule has 8 heteroatoms. The van der Waals surface area contributed by atoms with Crippen molar-refractivity contribution in [3.63, 3.8) is 0 Å². The standard InChI is InChI=1S/C38H53N3O3.C3H8.C2H6.CH3NO/c1-13-25(5)31(28-15-17-29(18-16-28)36(44)39-22-37(7,8)9)19-27(14-2)32-20-30(38(10,11)12)21-33(34(32)24(3)4)41-35(43)26(6)40-23-42;1-3-2;1-2;2-1-3/h13-21,23-24,26H,22H2,1-12H3,(H,39,44)(H,40,42)(H,41,43);3H2,1-2H3;1-2H3;1H,(H2,2,3)/b25-13+,27-14+,31-19+;;;. The molecule has 0 heterocycles. The topological polar surface area (TPSA) is 130 Å². The van der Waals surface area contributed by atoms with E-state index in [-0.39, 0.29) is 35.0 Å². The van der Waals surface area contributed by atoms with Crippen molar-refractivity contribution >= 4 is 41.5 Å². The molecule has 0 saturated heterocycles. The molecule has 0 saturated carbocycles. The molecule has 0 fully saturated rings. The van der Waals surface area contributed by atoms with Crippen LogP contribution in [0.5, 0.6) is 0 Å². The third-order valence-corrected chi connectivity index (χ3v) is 7.61. The summed E-state index contributed by atoms with van der Waals surface area (Å²) in [6.07, 6.45) is 8.43. The Bertz CT molecular complexity index is 1500. The third kappa shape index (κ3) is 17.2. The fourth-order valence-corrected chi connectivity index (χ4v) is 4.77. The molecule has 290 valence electrons. The van der Waals surface area contributed by atoms with Gasteiger partial charge in [0, 0.05) is 17.8 Å². The van der Waals surface area contributed by atoms with Crippen molar-refractivity contribution in [2.75, 3.05) is 11.9 Å². The van der Waals surface area contributed by atoms with E-state index in [4.69, 9.17) is 4.79 Å². The van der Waals surface area contributed by atoms with Gasteiger partial charge in [0.25, 0.3) is 5.91 Å². The number of hydrogen-bond donors (Lipinski definition) is 4. The number of primary amides is 1. The van der Waals surface area contributed by atoms with E-state index < -0.39 is 6.04 Å². The van der Waals surface area contributed by atoms with Gasteiger partial charge in [-0.05, 0) is 108 Å². The summed E-state index contributed by atoms with van der Waals surface area (Å²) in [6.45, 7) is 33.6. The molecule has 2 aromatic rings. The van der Waals surface area contributed by atoms with Gasteiger partial charge >= 0.3 is 0 Å². The summed E-state index contributed by atoms with van der Waals surface area (Å²) < 4.78 is 0. The molecule has 0 aliphatic heterocycles. The zero-order chi connectivity index (χ0) is 40.8. The number of allylic oxidation sites excluding steroid dienone is 6. The smallest absolute Gasteiger partial charge is 0.251 e. The molecule has 5 N–H and O–H groups in total. The van der Waals surface area contributed by atoms with Crippen LogP contribution in [0.25, 0.3) is 11.1 Å². The number of carbonyl (C=O) groups excluding carboxylic acids is 4. The molecule has 0 bridgehead atoms. The SMILES string of the molecule is C/C=C(C)/C(=C\C(=C/C)c1cc(C(C)(C)C)cc(NC(=O)C(C)NC=O)c1C(C)C)c1ccc(C(=O)NCC(C)(C)C)cc1.CC.CCC.NC=O. The van der Waals surface area contributed by atoms with Crippen molar-refractivity contribution in [1.29, 1.82) is 0 Å². The zero-order valence-electron chi connectivity index (χ0n) is 35.1. The lowest BCUT2D eigenvalue weighted by molar-refractivity contribution is -0.120. The first-order chi connectivity index (χ1) is 24.3. The highest BCUT2D eigenvalue weighted by atomic mass is 16.2. The van der Waals surface area contributed by atoms with Crippen LogP contribution in [-0.4, -0.2) is 37.2 Å². The van der Waals surface area contributed by atoms with Crippen LogP contribution in [0.2, 0.25) is 0 Å². The normalized spacial score (nSPS) is 12.4. The molecule has 0 radical (unpaired) electrons. The molecule has 4 amide bonds.